The number of piperidine rings is 1. The Hall–Kier alpha value is -3.66. The van der Waals surface area contributed by atoms with Crippen LogP contribution in [-0.4, -0.2) is 72.5 Å². The number of aliphatic hydroxyl groups is 1. The number of ether oxygens (including phenoxy) is 1. The van der Waals surface area contributed by atoms with Crippen molar-refractivity contribution in [3.8, 4) is 11.1 Å². The maximum absolute atomic E-state index is 13.4. The number of para-hydroxylation sites is 1. The Bertz CT molecular complexity index is 1240. The number of aliphatic hydroxyl groups excluding tert-OH is 1. The Morgan fingerprint density at radius 1 is 1.00 bits per heavy atom. The van der Waals surface area contributed by atoms with Crippen molar-refractivity contribution in [2.75, 3.05) is 44.3 Å². The summed E-state index contributed by atoms with van der Waals surface area (Å²) >= 11 is 0. The summed E-state index contributed by atoms with van der Waals surface area (Å²) in [5.74, 6) is 0.517. The molecule has 39 heavy (non-hydrogen) atoms. The number of carbonyl (C=O) groups excluding carboxylic acids is 2. The maximum atomic E-state index is 13.4. The number of hydrogen-bond donors (Lipinski definition) is 2. The molecule has 2 aliphatic heterocycles. The zero-order chi connectivity index (χ0) is 27.0. The van der Waals surface area contributed by atoms with Crippen molar-refractivity contribution in [2.24, 2.45) is 0 Å². The first-order chi connectivity index (χ1) is 19.1. The van der Waals surface area contributed by atoms with Crippen molar-refractivity contribution in [1.29, 1.82) is 0 Å². The number of nitrogens with one attached hydrogen (secondary N) is 1. The lowest BCUT2D eigenvalue weighted by molar-refractivity contribution is 0.0897. The number of nitrogens with zero attached hydrogens (tertiary/aromatic N) is 3. The molecule has 5 rings (SSSR count). The molecule has 205 valence electrons. The second kappa shape index (κ2) is 12.9. The van der Waals surface area contributed by atoms with Crippen LogP contribution in [0.4, 0.5) is 10.5 Å². The van der Waals surface area contributed by atoms with Crippen LogP contribution in [0, 0.1) is 6.42 Å². The summed E-state index contributed by atoms with van der Waals surface area (Å²) in [4.78, 5) is 28.1. The highest BCUT2D eigenvalue weighted by Crippen LogP contribution is 2.33. The Balaban J connectivity index is 1.19. The summed E-state index contributed by atoms with van der Waals surface area (Å²) in [5.41, 5.74) is 2.71. The van der Waals surface area contributed by atoms with Gasteiger partial charge in [0.25, 0.3) is 5.91 Å². The van der Waals surface area contributed by atoms with Gasteiger partial charge in [-0.3, -0.25) is 9.69 Å². The molecular weight excluding hydrogens is 496 g/mol. The van der Waals surface area contributed by atoms with Crippen molar-refractivity contribution in [3.63, 3.8) is 0 Å². The minimum atomic E-state index is -0.484. The van der Waals surface area contributed by atoms with Gasteiger partial charge in [-0.05, 0) is 49.4 Å². The van der Waals surface area contributed by atoms with Gasteiger partial charge >= 0.3 is 6.09 Å². The summed E-state index contributed by atoms with van der Waals surface area (Å²) in [7, 11) is 0. The van der Waals surface area contributed by atoms with Gasteiger partial charge in [-0.1, -0.05) is 48.5 Å². The Kier molecular flexibility index (Phi) is 8.93. The number of amides is 2. The molecule has 2 saturated heterocycles. The topological polar surface area (TPSA) is 98.5 Å². The summed E-state index contributed by atoms with van der Waals surface area (Å²) in [5, 5.41) is 16.1. The molecule has 0 spiro atoms. The van der Waals surface area contributed by atoms with Crippen molar-refractivity contribution < 1.29 is 23.8 Å². The van der Waals surface area contributed by atoms with Crippen molar-refractivity contribution in [3.05, 3.63) is 84.7 Å². The number of benzene rings is 2. The van der Waals surface area contributed by atoms with Crippen molar-refractivity contribution in [1.82, 2.24) is 15.2 Å². The lowest BCUT2D eigenvalue weighted by Gasteiger charge is -2.37. The van der Waals surface area contributed by atoms with Gasteiger partial charge in [0, 0.05) is 31.7 Å². The van der Waals surface area contributed by atoms with Crippen molar-refractivity contribution >= 4 is 17.7 Å². The van der Waals surface area contributed by atoms with Gasteiger partial charge in [-0.2, -0.15) is 0 Å². The van der Waals surface area contributed by atoms with E-state index in [1.54, 1.807) is 17.1 Å². The molecular formula is C30H35N4O5. The van der Waals surface area contributed by atoms with Gasteiger partial charge in [-0.25, -0.2) is 14.8 Å². The molecule has 1 aromatic heterocycles. The highest BCUT2D eigenvalue weighted by Gasteiger charge is 2.28. The molecule has 2 amide bonds. The summed E-state index contributed by atoms with van der Waals surface area (Å²) < 4.78 is 11.3. The van der Waals surface area contributed by atoms with Crippen LogP contribution in [0.15, 0.2) is 71.1 Å². The summed E-state index contributed by atoms with van der Waals surface area (Å²) in [6, 6.07) is 21.2. The third-order valence-electron chi connectivity index (χ3n) is 6.98. The number of furan rings is 1. The SMILES string of the molecule is O=C(NCCOC(=O)N(c1ccccc1-c1ccccc1)N1CC[CH]CC1)c1ccc(CN2CCC(O)C2)o1. The molecule has 9 heteroatoms. The van der Waals surface area contributed by atoms with E-state index >= 15 is 0 Å². The second-order valence-electron chi connectivity index (χ2n) is 9.83. The van der Waals surface area contributed by atoms with Gasteiger partial charge in [0.1, 0.15) is 12.4 Å². The number of β-amino-alcohol motifs (C(OH)–C–C–N with tert-alkyl or cyclic N) is 1. The number of likely N-dealkylation sites (tertiary alicyclic amines) is 1. The van der Waals surface area contributed by atoms with Gasteiger partial charge in [0.05, 0.1) is 24.9 Å². The molecule has 9 nitrogen and oxygen atoms in total. The molecule has 0 aliphatic carbocycles. The molecule has 3 aromatic rings. The van der Waals surface area contributed by atoms with Crippen LogP contribution in [0.2, 0.25) is 0 Å². The third-order valence-corrected chi connectivity index (χ3v) is 6.98. The van der Waals surface area contributed by atoms with Crippen LogP contribution < -0.4 is 10.3 Å². The molecule has 1 atom stereocenters. The Morgan fingerprint density at radius 2 is 1.77 bits per heavy atom. The predicted octanol–water partition coefficient (Wildman–Crippen LogP) is 4.10. The van der Waals surface area contributed by atoms with Crippen LogP contribution in [-0.2, 0) is 11.3 Å². The number of anilines is 1. The highest BCUT2D eigenvalue weighted by molar-refractivity contribution is 5.93. The molecule has 1 unspecified atom stereocenters. The minimum absolute atomic E-state index is 0.0216. The number of hydrogen-bond acceptors (Lipinski definition) is 7. The first-order valence-electron chi connectivity index (χ1n) is 13.5. The second-order valence-corrected chi connectivity index (χ2v) is 9.83. The summed E-state index contributed by atoms with van der Waals surface area (Å²) in [6.07, 6.45) is 3.96. The zero-order valence-corrected chi connectivity index (χ0v) is 22.0. The molecule has 2 fully saturated rings. The van der Waals surface area contributed by atoms with E-state index in [1.165, 1.54) is 0 Å². The number of hydrazine groups is 1. The number of rotatable bonds is 9. The average molecular weight is 532 g/mol. The van der Waals surface area contributed by atoms with Gasteiger partial charge in [0.2, 0.25) is 0 Å². The largest absolute Gasteiger partial charge is 0.455 e. The average Bonchev–Trinajstić information content (AvgIpc) is 3.61. The van der Waals surface area contributed by atoms with E-state index in [9.17, 15) is 14.7 Å². The Morgan fingerprint density at radius 3 is 2.54 bits per heavy atom. The standard InChI is InChI=1S/C30H35N4O5/c35-24-15-19-32(21-24)22-25-13-14-28(39-25)29(36)31-16-20-38-30(37)34(33-17-7-2-8-18-33)27-12-6-5-11-26(27)23-9-3-1-4-10-23/h1-6,9-14,24,35H,7-8,15-22H2,(H,31,36). The molecule has 0 bridgehead atoms. The highest BCUT2D eigenvalue weighted by atomic mass is 16.6. The monoisotopic (exact) mass is 531 g/mol. The molecule has 1 radical (unpaired) electrons. The molecule has 2 N–H and O–H groups in total. The molecule has 2 aromatic carbocycles. The quantitative estimate of drug-likeness (QED) is 0.401. The Labute approximate surface area is 228 Å². The van der Waals surface area contributed by atoms with Crippen LogP contribution >= 0.6 is 0 Å². The lowest BCUT2D eigenvalue weighted by Crippen LogP contribution is -2.50. The summed E-state index contributed by atoms with van der Waals surface area (Å²) in [6.45, 7) is 3.57. The normalized spacial score (nSPS) is 18.1. The van der Waals surface area contributed by atoms with Crippen LogP contribution in [0.5, 0.6) is 0 Å². The van der Waals surface area contributed by atoms with Crippen LogP contribution in [0.3, 0.4) is 0 Å². The number of carbonyl (C=O) groups is 2. The fourth-order valence-corrected chi connectivity index (χ4v) is 5.04. The van der Waals surface area contributed by atoms with E-state index in [4.69, 9.17) is 9.15 Å². The van der Waals surface area contributed by atoms with E-state index < -0.39 is 6.09 Å². The van der Waals surface area contributed by atoms with Gasteiger partial charge in [-0.15, -0.1) is 0 Å². The van der Waals surface area contributed by atoms with Crippen LogP contribution in [0.1, 0.15) is 35.6 Å². The maximum Gasteiger partial charge on any atom is 0.429 e. The molecule has 0 saturated carbocycles. The minimum Gasteiger partial charge on any atom is -0.455 e. The molecule has 3 heterocycles. The van der Waals surface area contributed by atoms with Gasteiger partial charge < -0.3 is 19.6 Å². The van der Waals surface area contributed by atoms with E-state index in [0.717, 1.165) is 42.6 Å². The predicted molar refractivity (Wildman–Crippen MR) is 148 cm³/mol. The molecule has 2 aliphatic rings. The lowest BCUT2D eigenvalue weighted by atomic mass is 10.0. The smallest absolute Gasteiger partial charge is 0.429 e. The van der Waals surface area contributed by atoms with E-state index in [0.29, 0.717) is 31.9 Å². The van der Waals surface area contributed by atoms with Crippen molar-refractivity contribution in [2.45, 2.75) is 31.9 Å². The fraction of sp³-hybridized carbons (Fsp3) is 0.367. The van der Waals surface area contributed by atoms with E-state index in [-0.39, 0.29) is 30.9 Å². The van der Waals surface area contributed by atoms with Crippen LogP contribution in [0.25, 0.3) is 11.1 Å². The third kappa shape index (κ3) is 6.86. The first-order valence-corrected chi connectivity index (χ1v) is 13.5. The van der Waals surface area contributed by atoms with Gasteiger partial charge in [0.15, 0.2) is 5.76 Å². The van der Waals surface area contributed by atoms with E-state index in [2.05, 4.69) is 16.6 Å². The first kappa shape index (κ1) is 26.9. The zero-order valence-electron chi connectivity index (χ0n) is 22.0. The fourth-order valence-electron chi connectivity index (χ4n) is 5.04. The van der Waals surface area contributed by atoms with E-state index in [1.807, 2.05) is 59.6 Å².